The molecule has 5 nitrogen and oxygen atoms in total. The lowest BCUT2D eigenvalue weighted by Gasteiger charge is -2.08. The fraction of sp³-hybridized carbons (Fsp3) is 0.176. The van der Waals surface area contributed by atoms with Gasteiger partial charge >= 0.3 is 0 Å². The first-order chi connectivity index (χ1) is 10.9. The fourth-order valence-electron chi connectivity index (χ4n) is 2.17. The Hall–Kier alpha value is -2.82. The van der Waals surface area contributed by atoms with Crippen LogP contribution in [0, 0.1) is 0 Å². The molecule has 5 heteroatoms. The van der Waals surface area contributed by atoms with E-state index in [-0.39, 0.29) is 0 Å². The van der Waals surface area contributed by atoms with Crippen LogP contribution in [0.1, 0.15) is 13.3 Å². The molecule has 0 bridgehead atoms. The predicted octanol–water partition coefficient (Wildman–Crippen LogP) is 2.98. The molecule has 0 spiro atoms. The minimum atomic E-state index is 0.700. The van der Waals surface area contributed by atoms with Gasteiger partial charge in [-0.3, -0.25) is 0 Å². The van der Waals surface area contributed by atoms with Gasteiger partial charge in [0.05, 0.1) is 11.4 Å². The molecule has 0 N–H and O–H groups in total. The molecule has 110 valence electrons. The Balaban J connectivity index is 2.07. The molecule has 0 aliphatic carbocycles. The van der Waals surface area contributed by atoms with Crippen molar-refractivity contribution in [1.29, 1.82) is 0 Å². The van der Waals surface area contributed by atoms with Gasteiger partial charge in [-0.05, 0) is 24.6 Å². The van der Waals surface area contributed by atoms with Crippen molar-refractivity contribution in [3.8, 4) is 11.3 Å². The molecule has 22 heavy (non-hydrogen) atoms. The van der Waals surface area contributed by atoms with Gasteiger partial charge in [-0.15, -0.1) is 0 Å². The Morgan fingerprint density at radius 2 is 1.95 bits per heavy atom. The number of para-hydroxylation sites is 1. The van der Waals surface area contributed by atoms with Crippen LogP contribution < -0.4 is 5.62 Å². The van der Waals surface area contributed by atoms with E-state index in [1.807, 2.05) is 42.6 Å². The third kappa shape index (κ3) is 3.25. The van der Waals surface area contributed by atoms with E-state index in [2.05, 4.69) is 31.4 Å². The molecule has 0 unspecified atom stereocenters. The monoisotopic (exact) mass is 291 g/mol. The maximum absolute atomic E-state index is 4.61. The highest BCUT2D eigenvalue weighted by Crippen LogP contribution is 2.13. The summed E-state index contributed by atoms with van der Waals surface area (Å²) >= 11 is 0. The molecular weight excluding hydrogens is 274 g/mol. The van der Waals surface area contributed by atoms with Gasteiger partial charge in [0, 0.05) is 30.7 Å². The highest BCUT2D eigenvalue weighted by Gasteiger charge is 2.02. The van der Waals surface area contributed by atoms with Crippen molar-refractivity contribution in [1.82, 2.24) is 19.5 Å². The van der Waals surface area contributed by atoms with E-state index >= 15 is 0 Å². The SMILES string of the molecule is CCCn1cc(-c2ccncn2)cnc1=Nc1ccccc1. The summed E-state index contributed by atoms with van der Waals surface area (Å²) in [5.41, 5.74) is 3.42. The Labute approximate surface area is 129 Å². The lowest BCUT2D eigenvalue weighted by atomic mass is 10.2. The molecule has 0 aliphatic heterocycles. The molecule has 0 fully saturated rings. The maximum Gasteiger partial charge on any atom is 0.229 e. The second-order valence-corrected chi connectivity index (χ2v) is 4.88. The van der Waals surface area contributed by atoms with Crippen LogP contribution in [0.5, 0.6) is 0 Å². The summed E-state index contributed by atoms with van der Waals surface area (Å²) in [5, 5.41) is 0. The number of hydrogen-bond acceptors (Lipinski definition) is 4. The van der Waals surface area contributed by atoms with E-state index in [9.17, 15) is 0 Å². The number of benzene rings is 1. The summed E-state index contributed by atoms with van der Waals surface area (Å²) in [6.07, 6.45) is 8.13. The number of aromatic nitrogens is 4. The van der Waals surface area contributed by atoms with Crippen molar-refractivity contribution in [2.45, 2.75) is 19.9 Å². The Bertz CT molecular complexity index is 794. The molecule has 0 amide bonds. The number of rotatable bonds is 4. The summed E-state index contributed by atoms with van der Waals surface area (Å²) in [6, 6.07) is 11.7. The van der Waals surface area contributed by atoms with E-state index in [1.54, 1.807) is 18.7 Å². The molecule has 2 aromatic heterocycles. The quantitative estimate of drug-likeness (QED) is 0.742. The standard InChI is InChI=1S/C17H17N5/c1-2-10-22-12-14(16-8-9-18-13-20-16)11-19-17(22)21-15-6-4-3-5-7-15/h3-9,11-13H,2,10H2,1H3. The van der Waals surface area contributed by atoms with Crippen molar-refractivity contribution in [3.05, 3.63) is 66.9 Å². The minimum absolute atomic E-state index is 0.700. The van der Waals surface area contributed by atoms with Crippen LogP contribution in [-0.4, -0.2) is 19.5 Å². The van der Waals surface area contributed by atoms with E-state index < -0.39 is 0 Å². The zero-order valence-corrected chi connectivity index (χ0v) is 12.4. The van der Waals surface area contributed by atoms with Crippen molar-refractivity contribution in [2.24, 2.45) is 4.99 Å². The van der Waals surface area contributed by atoms with Gasteiger partial charge in [-0.2, -0.15) is 0 Å². The molecule has 2 heterocycles. The first kappa shape index (κ1) is 14.1. The lowest BCUT2D eigenvalue weighted by Crippen LogP contribution is -2.23. The maximum atomic E-state index is 4.61. The van der Waals surface area contributed by atoms with E-state index in [1.165, 1.54) is 0 Å². The fourth-order valence-corrected chi connectivity index (χ4v) is 2.17. The van der Waals surface area contributed by atoms with Gasteiger partial charge in [0.25, 0.3) is 0 Å². The Morgan fingerprint density at radius 1 is 1.09 bits per heavy atom. The van der Waals surface area contributed by atoms with Crippen molar-refractivity contribution in [2.75, 3.05) is 0 Å². The van der Waals surface area contributed by atoms with Gasteiger partial charge in [-0.25, -0.2) is 19.9 Å². The molecule has 0 saturated carbocycles. The molecule has 0 aliphatic rings. The molecular formula is C17H17N5. The van der Waals surface area contributed by atoms with Crippen LogP contribution in [0.4, 0.5) is 5.69 Å². The van der Waals surface area contributed by atoms with E-state index in [0.29, 0.717) is 5.62 Å². The summed E-state index contributed by atoms with van der Waals surface area (Å²) in [4.78, 5) is 17.3. The second-order valence-electron chi connectivity index (χ2n) is 4.88. The van der Waals surface area contributed by atoms with Gasteiger partial charge in [0.1, 0.15) is 6.33 Å². The third-order valence-corrected chi connectivity index (χ3v) is 3.20. The van der Waals surface area contributed by atoms with Crippen LogP contribution >= 0.6 is 0 Å². The Kier molecular flexibility index (Phi) is 4.34. The van der Waals surface area contributed by atoms with Crippen LogP contribution in [0.3, 0.4) is 0 Å². The van der Waals surface area contributed by atoms with Gasteiger partial charge < -0.3 is 4.57 Å². The molecule has 3 rings (SSSR count). The van der Waals surface area contributed by atoms with E-state index in [0.717, 1.165) is 29.9 Å². The molecule has 0 radical (unpaired) electrons. The van der Waals surface area contributed by atoms with Gasteiger partial charge in [0.15, 0.2) is 0 Å². The lowest BCUT2D eigenvalue weighted by molar-refractivity contribution is 0.625. The summed E-state index contributed by atoms with van der Waals surface area (Å²) < 4.78 is 2.06. The van der Waals surface area contributed by atoms with Crippen molar-refractivity contribution >= 4 is 5.69 Å². The number of hydrogen-bond donors (Lipinski definition) is 0. The van der Waals surface area contributed by atoms with E-state index in [4.69, 9.17) is 0 Å². The van der Waals surface area contributed by atoms with Crippen molar-refractivity contribution in [3.63, 3.8) is 0 Å². The molecule has 0 atom stereocenters. The van der Waals surface area contributed by atoms with Gasteiger partial charge in [0.2, 0.25) is 5.62 Å². The Morgan fingerprint density at radius 3 is 2.68 bits per heavy atom. The molecule has 1 aromatic carbocycles. The normalized spacial score (nSPS) is 11.6. The van der Waals surface area contributed by atoms with Gasteiger partial charge in [-0.1, -0.05) is 25.1 Å². The third-order valence-electron chi connectivity index (χ3n) is 3.20. The topological polar surface area (TPSA) is 56.0 Å². The zero-order valence-electron chi connectivity index (χ0n) is 12.4. The van der Waals surface area contributed by atoms with Crippen LogP contribution in [0.25, 0.3) is 11.3 Å². The first-order valence-electron chi connectivity index (χ1n) is 7.29. The smallest absolute Gasteiger partial charge is 0.229 e. The van der Waals surface area contributed by atoms with Crippen LogP contribution in [-0.2, 0) is 6.54 Å². The number of nitrogens with zero attached hydrogens (tertiary/aromatic N) is 5. The number of aryl methyl sites for hydroxylation is 1. The highest BCUT2D eigenvalue weighted by atomic mass is 15.1. The highest BCUT2D eigenvalue weighted by molar-refractivity contribution is 5.55. The average Bonchev–Trinajstić information content (AvgIpc) is 2.58. The average molecular weight is 291 g/mol. The van der Waals surface area contributed by atoms with Crippen LogP contribution in [0.2, 0.25) is 0 Å². The van der Waals surface area contributed by atoms with Crippen molar-refractivity contribution < 1.29 is 0 Å². The first-order valence-corrected chi connectivity index (χ1v) is 7.29. The molecule has 0 saturated heterocycles. The second kappa shape index (κ2) is 6.76. The summed E-state index contributed by atoms with van der Waals surface area (Å²) in [5.74, 6) is 0. The summed E-state index contributed by atoms with van der Waals surface area (Å²) in [6.45, 7) is 2.99. The minimum Gasteiger partial charge on any atom is -0.316 e. The predicted molar refractivity (Wildman–Crippen MR) is 85.2 cm³/mol. The summed E-state index contributed by atoms with van der Waals surface area (Å²) in [7, 11) is 0. The molecule has 3 aromatic rings. The van der Waals surface area contributed by atoms with Crippen LogP contribution in [0.15, 0.2) is 66.3 Å². The zero-order chi connectivity index (χ0) is 15.2. The largest absolute Gasteiger partial charge is 0.316 e.